The Hall–Kier alpha value is -1.88. The maximum Gasteiger partial charge on any atom is 0.328 e. The Bertz CT molecular complexity index is 545. The molecular weight excluding hydrogens is 271 g/mol. The van der Waals surface area contributed by atoms with Gasteiger partial charge in [-0.15, -0.1) is 0 Å². The van der Waals surface area contributed by atoms with Crippen LogP contribution in [0.3, 0.4) is 0 Å². The molecule has 0 amide bonds. The van der Waals surface area contributed by atoms with Crippen molar-refractivity contribution < 1.29 is 14.3 Å². The van der Waals surface area contributed by atoms with Crippen molar-refractivity contribution in [2.24, 2.45) is 0 Å². The Morgan fingerprint density at radius 2 is 2.29 bits per heavy atom. The third-order valence-electron chi connectivity index (χ3n) is 3.92. The number of anilines is 1. The standard InChI is InChI=1S/C16H21FN2O2/c1-18-9-3-4-13(11-18)19(2)15-7-5-12(10-14(15)17)6-8-16(20)21/h5-8,10,13H,3-4,9,11H2,1-2H3,(H,20,21). The molecule has 1 unspecified atom stereocenters. The largest absolute Gasteiger partial charge is 0.478 e. The van der Waals surface area contributed by atoms with Gasteiger partial charge in [-0.2, -0.15) is 0 Å². The zero-order valence-corrected chi connectivity index (χ0v) is 12.4. The first kappa shape index (κ1) is 15.5. The van der Waals surface area contributed by atoms with Gasteiger partial charge in [0.2, 0.25) is 0 Å². The number of aliphatic carboxylic acids is 1. The lowest BCUT2D eigenvalue weighted by atomic mass is 10.0. The highest BCUT2D eigenvalue weighted by Crippen LogP contribution is 2.25. The van der Waals surface area contributed by atoms with Gasteiger partial charge in [0.25, 0.3) is 0 Å². The molecular formula is C16H21FN2O2. The van der Waals surface area contributed by atoms with Gasteiger partial charge in [-0.3, -0.25) is 0 Å². The molecule has 1 N–H and O–H groups in total. The zero-order chi connectivity index (χ0) is 15.4. The maximum absolute atomic E-state index is 14.2. The van der Waals surface area contributed by atoms with Gasteiger partial charge in [-0.25, -0.2) is 9.18 Å². The predicted molar refractivity (Wildman–Crippen MR) is 82.0 cm³/mol. The van der Waals surface area contributed by atoms with Crippen LogP contribution >= 0.6 is 0 Å². The average Bonchev–Trinajstić information content (AvgIpc) is 2.44. The van der Waals surface area contributed by atoms with Gasteiger partial charge in [0.15, 0.2) is 0 Å². The van der Waals surface area contributed by atoms with Crippen LogP contribution in [0.4, 0.5) is 10.1 Å². The fraction of sp³-hybridized carbons (Fsp3) is 0.438. The highest BCUT2D eigenvalue weighted by atomic mass is 19.1. The molecule has 1 saturated heterocycles. The van der Waals surface area contributed by atoms with Crippen LogP contribution in [0, 0.1) is 5.82 Å². The molecule has 114 valence electrons. The van der Waals surface area contributed by atoms with Gasteiger partial charge >= 0.3 is 5.97 Å². The molecule has 1 aromatic rings. The topological polar surface area (TPSA) is 43.8 Å². The van der Waals surface area contributed by atoms with Crippen molar-refractivity contribution in [1.29, 1.82) is 0 Å². The monoisotopic (exact) mass is 292 g/mol. The number of likely N-dealkylation sites (tertiary alicyclic amines) is 1. The number of likely N-dealkylation sites (N-methyl/N-ethyl adjacent to an activating group) is 2. The van der Waals surface area contributed by atoms with Crippen molar-refractivity contribution in [3.63, 3.8) is 0 Å². The lowest BCUT2D eigenvalue weighted by molar-refractivity contribution is -0.131. The molecule has 0 aromatic heterocycles. The number of carbonyl (C=O) groups is 1. The molecule has 0 saturated carbocycles. The molecule has 0 bridgehead atoms. The molecule has 2 rings (SSSR count). The third-order valence-corrected chi connectivity index (χ3v) is 3.92. The first-order valence-corrected chi connectivity index (χ1v) is 7.09. The third kappa shape index (κ3) is 4.04. The predicted octanol–water partition coefficient (Wildman–Crippen LogP) is 2.45. The first-order valence-electron chi connectivity index (χ1n) is 7.09. The second-order valence-corrected chi connectivity index (χ2v) is 5.55. The summed E-state index contributed by atoms with van der Waals surface area (Å²) in [7, 11) is 3.99. The SMILES string of the molecule is CN1CCCC(N(C)c2ccc(C=CC(=O)O)cc2F)C1. The zero-order valence-electron chi connectivity index (χ0n) is 12.4. The highest BCUT2D eigenvalue weighted by molar-refractivity contribution is 5.85. The fourth-order valence-electron chi connectivity index (χ4n) is 2.73. The normalized spacial score (nSPS) is 19.9. The van der Waals surface area contributed by atoms with E-state index in [1.165, 1.54) is 12.1 Å². The molecule has 1 aliphatic rings. The summed E-state index contributed by atoms with van der Waals surface area (Å²) in [6.07, 6.45) is 4.57. The summed E-state index contributed by atoms with van der Waals surface area (Å²) in [6.45, 7) is 2.02. The number of carboxylic acid groups (broad SMARTS) is 1. The number of carboxylic acids is 1. The number of nitrogens with zero attached hydrogens (tertiary/aromatic N) is 2. The summed E-state index contributed by atoms with van der Waals surface area (Å²) in [5.41, 5.74) is 1.11. The van der Waals surface area contributed by atoms with E-state index >= 15 is 0 Å². The molecule has 1 heterocycles. The molecule has 21 heavy (non-hydrogen) atoms. The Labute approximate surface area is 124 Å². The Kier molecular flexibility index (Phi) is 4.96. The first-order chi connectivity index (χ1) is 9.97. The van der Waals surface area contributed by atoms with Crippen LogP contribution in [0.2, 0.25) is 0 Å². The van der Waals surface area contributed by atoms with Crippen LogP contribution in [0.25, 0.3) is 6.08 Å². The molecule has 1 aliphatic heterocycles. The number of piperidine rings is 1. The van der Waals surface area contributed by atoms with Crippen LogP contribution in [0.1, 0.15) is 18.4 Å². The van der Waals surface area contributed by atoms with Crippen molar-refractivity contribution in [2.75, 3.05) is 32.1 Å². The van der Waals surface area contributed by atoms with Crippen LogP contribution in [-0.2, 0) is 4.79 Å². The minimum absolute atomic E-state index is 0.304. The van der Waals surface area contributed by atoms with E-state index in [0.29, 0.717) is 17.3 Å². The van der Waals surface area contributed by atoms with Gasteiger partial charge in [-0.05, 0) is 50.2 Å². The van der Waals surface area contributed by atoms with Crippen LogP contribution in [0.5, 0.6) is 0 Å². The van der Waals surface area contributed by atoms with Crippen LogP contribution in [-0.4, -0.2) is 49.2 Å². The number of hydrogen-bond donors (Lipinski definition) is 1. The van der Waals surface area contributed by atoms with E-state index in [0.717, 1.165) is 32.0 Å². The highest BCUT2D eigenvalue weighted by Gasteiger charge is 2.22. The molecule has 1 atom stereocenters. The summed E-state index contributed by atoms with van der Waals surface area (Å²) >= 11 is 0. The molecule has 0 aliphatic carbocycles. The van der Waals surface area contributed by atoms with E-state index in [-0.39, 0.29) is 5.82 Å². The molecule has 5 heteroatoms. The summed E-state index contributed by atoms with van der Waals surface area (Å²) < 4.78 is 14.2. The fourth-order valence-corrected chi connectivity index (χ4v) is 2.73. The summed E-state index contributed by atoms with van der Waals surface area (Å²) in [5.74, 6) is -1.36. The molecule has 0 radical (unpaired) electrons. The van der Waals surface area contributed by atoms with Gasteiger partial charge in [0.05, 0.1) is 5.69 Å². The maximum atomic E-state index is 14.2. The van der Waals surface area contributed by atoms with Crippen LogP contribution < -0.4 is 4.90 Å². The summed E-state index contributed by atoms with van der Waals surface area (Å²) in [4.78, 5) is 14.7. The summed E-state index contributed by atoms with van der Waals surface area (Å²) in [6, 6.07) is 5.13. The Morgan fingerprint density at radius 3 is 2.90 bits per heavy atom. The van der Waals surface area contributed by atoms with Gasteiger partial charge < -0.3 is 14.9 Å². The minimum Gasteiger partial charge on any atom is -0.478 e. The molecule has 1 aromatic carbocycles. The van der Waals surface area contributed by atoms with E-state index in [2.05, 4.69) is 11.9 Å². The van der Waals surface area contributed by atoms with Crippen molar-refractivity contribution in [2.45, 2.75) is 18.9 Å². The van der Waals surface area contributed by atoms with Crippen molar-refractivity contribution in [3.05, 3.63) is 35.7 Å². The van der Waals surface area contributed by atoms with Gasteiger partial charge in [0, 0.05) is 25.7 Å². The second kappa shape index (κ2) is 6.72. The number of hydrogen-bond acceptors (Lipinski definition) is 3. The Morgan fingerprint density at radius 1 is 1.52 bits per heavy atom. The van der Waals surface area contributed by atoms with E-state index in [4.69, 9.17) is 5.11 Å². The van der Waals surface area contributed by atoms with E-state index in [1.807, 2.05) is 11.9 Å². The van der Waals surface area contributed by atoms with E-state index in [1.54, 1.807) is 12.1 Å². The van der Waals surface area contributed by atoms with Gasteiger partial charge in [-0.1, -0.05) is 6.07 Å². The van der Waals surface area contributed by atoms with Gasteiger partial charge in [0.1, 0.15) is 5.82 Å². The van der Waals surface area contributed by atoms with Crippen molar-refractivity contribution >= 4 is 17.7 Å². The molecule has 0 spiro atoms. The average molecular weight is 292 g/mol. The molecule has 4 nitrogen and oxygen atoms in total. The Balaban J connectivity index is 2.14. The number of rotatable bonds is 4. The lowest BCUT2D eigenvalue weighted by Gasteiger charge is -2.37. The van der Waals surface area contributed by atoms with Crippen molar-refractivity contribution in [1.82, 2.24) is 4.90 Å². The number of halogens is 1. The van der Waals surface area contributed by atoms with Crippen molar-refractivity contribution in [3.8, 4) is 0 Å². The van der Waals surface area contributed by atoms with E-state index in [9.17, 15) is 9.18 Å². The number of benzene rings is 1. The lowest BCUT2D eigenvalue weighted by Crippen LogP contribution is -2.45. The van der Waals surface area contributed by atoms with Crippen LogP contribution in [0.15, 0.2) is 24.3 Å². The quantitative estimate of drug-likeness (QED) is 0.866. The smallest absolute Gasteiger partial charge is 0.328 e. The molecule has 1 fully saturated rings. The summed E-state index contributed by atoms with van der Waals surface area (Å²) in [5, 5.41) is 8.59. The second-order valence-electron chi connectivity index (χ2n) is 5.55. The minimum atomic E-state index is -1.04. The van der Waals surface area contributed by atoms with E-state index < -0.39 is 5.97 Å².